The van der Waals surface area contributed by atoms with E-state index in [0.717, 1.165) is 19.5 Å². The van der Waals surface area contributed by atoms with Gasteiger partial charge in [0.1, 0.15) is 0 Å². The summed E-state index contributed by atoms with van der Waals surface area (Å²) in [5, 5.41) is 3.67. The van der Waals surface area contributed by atoms with Crippen molar-refractivity contribution in [3.8, 4) is 0 Å². The van der Waals surface area contributed by atoms with Gasteiger partial charge in [-0.2, -0.15) is 0 Å². The van der Waals surface area contributed by atoms with Crippen LogP contribution in [0.2, 0.25) is 10.0 Å². The van der Waals surface area contributed by atoms with E-state index in [1.807, 2.05) is 0 Å². The molecule has 21 heavy (non-hydrogen) atoms. The fourth-order valence-electron chi connectivity index (χ4n) is 2.62. The van der Waals surface area contributed by atoms with E-state index in [1.54, 1.807) is 18.2 Å². The summed E-state index contributed by atoms with van der Waals surface area (Å²) in [6, 6.07) is 5.32. The van der Waals surface area contributed by atoms with Crippen LogP contribution in [-0.4, -0.2) is 36.5 Å². The molecular weight excluding hydrogens is 309 g/mol. The highest BCUT2D eigenvalue weighted by Gasteiger charge is 2.33. The molecule has 1 heterocycles. The highest BCUT2D eigenvalue weighted by molar-refractivity contribution is 6.39. The molecule has 1 atom stereocenters. The molecule has 4 nitrogen and oxygen atoms in total. The van der Waals surface area contributed by atoms with Crippen LogP contribution >= 0.6 is 23.2 Å². The van der Waals surface area contributed by atoms with Gasteiger partial charge in [0.2, 0.25) is 5.91 Å². The maximum Gasteiger partial charge on any atom is 0.238 e. The van der Waals surface area contributed by atoms with Gasteiger partial charge in [0, 0.05) is 19.1 Å². The number of halogens is 2. The number of nitrogens with zero attached hydrogens (tertiary/aromatic N) is 1. The van der Waals surface area contributed by atoms with Gasteiger partial charge in [-0.15, -0.1) is 0 Å². The minimum atomic E-state index is -0.115. The standard InChI is InChI=1S/C15H21Cl2N3O/c1-15(2)9-20(7-6-12(15)18)8-13(21)19-14-10(16)4-3-5-11(14)17/h3-5,12H,6-9,18H2,1-2H3,(H,19,21). The van der Waals surface area contributed by atoms with Gasteiger partial charge in [0.25, 0.3) is 0 Å². The second-order valence-electron chi connectivity index (χ2n) is 6.24. The van der Waals surface area contributed by atoms with E-state index in [-0.39, 0.29) is 17.4 Å². The van der Waals surface area contributed by atoms with Crippen LogP contribution in [0.1, 0.15) is 20.3 Å². The van der Waals surface area contributed by atoms with Crippen molar-refractivity contribution < 1.29 is 4.79 Å². The lowest BCUT2D eigenvalue weighted by molar-refractivity contribution is -0.118. The Hall–Kier alpha value is -0.810. The molecule has 1 aromatic carbocycles. The zero-order chi connectivity index (χ0) is 15.6. The number of hydrogen-bond donors (Lipinski definition) is 2. The third kappa shape index (κ3) is 4.10. The first-order chi connectivity index (χ1) is 9.79. The van der Waals surface area contributed by atoms with Gasteiger partial charge in [0.15, 0.2) is 0 Å². The maximum absolute atomic E-state index is 12.2. The molecule has 1 aliphatic heterocycles. The minimum absolute atomic E-state index is 0.0145. The van der Waals surface area contributed by atoms with Crippen LogP contribution in [0.5, 0.6) is 0 Å². The number of carbonyl (C=O) groups is 1. The fraction of sp³-hybridized carbons (Fsp3) is 0.533. The van der Waals surface area contributed by atoms with Crippen molar-refractivity contribution in [3.05, 3.63) is 28.2 Å². The average molecular weight is 330 g/mol. The Morgan fingerprint density at radius 2 is 2.05 bits per heavy atom. The van der Waals surface area contributed by atoms with Crippen molar-refractivity contribution in [1.29, 1.82) is 0 Å². The molecule has 2 rings (SSSR count). The summed E-state index contributed by atoms with van der Waals surface area (Å²) in [6.45, 7) is 6.21. The first-order valence-corrected chi connectivity index (χ1v) is 7.77. The number of para-hydroxylation sites is 1. The molecule has 1 aliphatic rings. The van der Waals surface area contributed by atoms with E-state index < -0.39 is 0 Å². The van der Waals surface area contributed by atoms with E-state index >= 15 is 0 Å². The molecule has 0 aromatic heterocycles. The van der Waals surface area contributed by atoms with E-state index in [9.17, 15) is 4.79 Å². The Morgan fingerprint density at radius 1 is 1.43 bits per heavy atom. The summed E-state index contributed by atoms with van der Waals surface area (Å²) in [7, 11) is 0. The normalized spacial score (nSPS) is 22.0. The minimum Gasteiger partial charge on any atom is -0.327 e. The first kappa shape index (κ1) is 16.6. The lowest BCUT2D eigenvalue weighted by atomic mass is 9.80. The number of piperidine rings is 1. The molecule has 1 fully saturated rings. The molecular formula is C15H21Cl2N3O. The predicted octanol–water partition coefficient (Wildman–Crippen LogP) is 2.99. The number of nitrogens with two attached hydrogens (primary N) is 1. The van der Waals surface area contributed by atoms with Gasteiger partial charge in [-0.3, -0.25) is 9.69 Å². The van der Waals surface area contributed by atoms with Gasteiger partial charge in [-0.25, -0.2) is 0 Å². The van der Waals surface area contributed by atoms with Crippen LogP contribution in [0.15, 0.2) is 18.2 Å². The van der Waals surface area contributed by atoms with Crippen molar-refractivity contribution in [2.45, 2.75) is 26.3 Å². The predicted molar refractivity (Wildman–Crippen MR) is 87.9 cm³/mol. The van der Waals surface area contributed by atoms with Crippen LogP contribution in [0.25, 0.3) is 0 Å². The highest BCUT2D eigenvalue weighted by Crippen LogP contribution is 2.30. The Bertz CT molecular complexity index is 513. The van der Waals surface area contributed by atoms with E-state index in [4.69, 9.17) is 28.9 Å². The molecule has 3 N–H and O–H groups in total. The third-order valence-electron chi connectivity index (χ3n) is 3.99. The summed E-state index contributed by atoms with van der Waals surface area (Å²) in [6.07, 6.45) is 0.896. The topological polar surface area (TPSA) is 58.4 Å². The van der Waals surface area contributed by atoms with E-state index in [1.165, 1.54) is 0 Å². The molecule has 0 saturated carbocycles. The van der Waals surface area contributed by atoms with Crippen LogP contribution in [0, 0.1) is 5.41 Å². The van der Waals surface area contributed by atoms with Gasteiger partial charge in [-0.1, -0.05) is 43.1 Å². The second-order valence-corrected chi connectivity index (χ2v) is 7.05. The van der Waals surface area contributed by atoms with Gasteiger partial charge in [0.05, 0.1) is 22.3 Å². The highest BCUT2D eigenvalue weighted by atomic mass is 35.5. The first-order valence-electron chi connectivity index (χ1n) is 7.01. The lowest BCUT2D eigenvalue weighted by Gasteiger charge is -2.42. The van der Waals surface area contributed by atoms with E-state index in [2.05, 4.69) is 24.1 Å². The number of rotatable bonds is 3. The van der Waals surface area contributed by atoms with Gasteiger partial charge >= 0.3 is 0 Å². The zero-order valence-electron chi connectivity index (χ0n) is 12.3. The molecule has 0 radical (unpaired) electrons. The average Bonchev–Trinajstić information content (AvgIpc) is 2.38. The molecule has 6 heteroatoms. The molecule has 0 aliphatic carbocycles. The van der Waals surface area contributed by atoms with Crippen molar-refractivity contribution in [3.63, 3.8) is 0 Å². The third-order valence-corrected chi connectivity index (χ3v) is 4.62. The summed E-state index contributed by atoms with van der Waals surface area (Å²) in [5.41, 5.74) is 6.59. The quantitative estimate of drug-likeness (QED) is 0.896. The molecule has 1 aromatic rings. The number of hydrogen-bond acceptors (Lipinski definition) is 3. The Morgan fingerprint density at radius 3 is 2.62 bits per heavy atom. The number of benzene rings is 1. The molecule has 1 saturated heterocycles. The molecule has 0 bridgehead atoms. The van der Waals surface area contributed by atoms with Gasteiger partial charge < -0.3 is 11.1 Å². The largest absolute Gasteiger partial charge is 0.327 e. The Balaban J connectivity index is 1.97. The summed E-state index contributed by atoms with van der Waals surface area (Å²) in [5.74, 6) is -0.115. The summed E-state index contributed by atoms with van der Waals surface area (Å²) >= 11 is 12.1. The summed E-state index contributed by atoms with van der Waals surface area (Å²) in [4.78, 5) is 14.3. The van der Waals surface area contributed by atoms with Gasteiger partial charge in [-0.05, 0) is 24.0 Å². The molecule has 1 amide bonds. The molecule has 116 valence electrons. The number of nitrogens with one attached hydrogen (secondary N) is 1. The Kier molecular flexibility index (Phi) is 5.15. The zero-order valence-corrected chi connectivity index (χ0v) is 13.8. The smallest absolute Gasteiger partial charge is 0.238 e. The van der Waals surface area contributed by atoms with E-state index in [0.29, 0.717) is 22.3 Å². The van der Waals surface area contributed by atoms with Crippen molar-refractivity contribution >= 4 is 34.8 Å². The monoisotopic (exact) mass is 329 g/mol. The number of anilines is 1. The summed E-state index contributed by atoms with van der Waals surface area (Å²) < 4.78 is 0. The van der Waals surface area contributed by atoms with Crippen LogP contribution < -0.4 is 11.1 Å². The second kappa shape index (κ2) is 6.53. The van der Waals surface area contributed by atoms with Crippen LogP contribution in [0.3, 0.4) is 0 Å². The van der Waals surface area contributed by atoms with Crippen molar-refractivity contribution in [2.24, 2.45) is 11.1 Å². The lowest BCUT2D eigenvalue weighted by Crippen LogP contribution is -2.53. The van der Waals surface area contributed by atoms with Crippen molar-refractivity contribution in [1.82, 2.24) is 4.90 Å². The van der Waals surface area contributed by atoms with Crippen molar-refractivity contribution in [2.75, 3.05) is 25.0 Å². The number of carbonyl (C=O) groups excluding carboxylic acids is 1. The maximum atomic E-state index is 12.2. The van der Waals surface area contributed by atoms with Crippen LogP contribution in [0.4, 0.5) is 5.69 Å². The Labute approximate surface area is 135 Å². The van der Waals surface area contributed by atoms with Crippen LogP contribution in [-0.2, 0) is 4.79 Å². The fourth-order valence-corrected chi connectivity index (χ4v) is 3.11. The molecule has 1 unspecified atom stereocenters. The molecule has 0 spiro atoms. The SMILES string of the molecule is CC1(C)CN(CC(=O)Nc2c(Cl)cccc2Cl)CCC1N. The number of likely N-dealkylation sites (tertiary alicyclic amines) is 1. The number of amides is 1.